The van der Waals surface area contributed by atoms with E-state index in [0.29, 0.717) is 33.9 Å². The van der Waals surface area contributed by atoms with Crippen molar-refractivity contribution in [2.24, 2.45) is 4.99 Å². The molecule has 1 saturated heterocycles. The standard InChI is InChI=1S/C26H21ClFN3OS2/c1-2-30-21-16-18(27)8-13-22(21)33-25(30)23-24(32)31(20-11-9-19(28)10-12-20)26(34-23)29-15-14-17-6-4-3-5-7-17/h3-13,16H,2,14-15H2,1H3. The molecule has 2 aliphatic heterocycles. The highest BCUT2D eigenvalue weighted by Gasteiger charge is 2.40. The van der Waals surface area contributed by atoms with Gasteiger partial charge in [0, 0.05) is 23.0 Å². The fraction of sp³-hybridized carbons (Fsp3) is 0.154. The number of thioether (sulfide) groups is 2. The van der Waals surface area contributed by atoms with Gasteiger partial charge in [0.15, 0.2) is 5.17 Å². The van der Waals surface area contributed by atoms with Crippen LogP contribution >= 0.6 is 35.1 Å². The van der Waals surface area contributed by atoms with Crippen LogP contribution in [0.5, 0.6) is 0 Å². The SMILES string of the molecule is CCN1C(=C2SC(=NCCc3ccccc3)N(c3ccc(F)cc3)C2=O)Sc2ccc(Cl)cc21. The Bertz CT molecular complexity index is 1300. The maximum atomic E-state index is 13.7. The highest BCUT2D eigenvalue weighted by molar-refractivity contribution is 8.20. The molecule has 0 saturated carbocycles. The predicted molar refractivity (Wildman–Crippen MR) is 141 cm³/mol. The van der Waals surface area contributed by atoms with Gasteiger partial charge >= 0.3 is 0 Å². The topological polar surface area (TPSA) is 35.9 Å². The van der Waals surface area contributed by atoms with Crippen LogP contribution in [0.3, 0.4) is 0 Å². The Kier molecular flexibility index (Phi) is 6.68. The fourth-order valence-electron chi connectivity index (χ4n) is 3.89. The molecule has 3 aromatic carbocycles. The lowest BCUT2D eigenvalue weighted by molar-refractivity contribution is -0.113. The first-order chi connectivity index (χ1) is 16.5. The van der Waals surface area contributed by atoms with Gasteiger partial charge in [-0.15, -0.1) is 0 Å². The second-order valence-electron chi connectivity index (χ2n) is 7.71. The van der Waals surface area contributed by atoms with E-state index < -0.39 is 0 Å². The van der Waals surface area contributed by atoms with Crippen molar-refractivity contribution in [2.75, 3.05) is 22.9 Å². The van der Waals surface area contributed by atoms with Crippen LogP contribution in [0.25, 0.3) is 0 Å². The molecule has 0 unspecified atom stereocenters. The minimum atomic E-state index is -0.347. The number of nitrogens with zero attached hydrogens (tertiary/aromatic N) is 3. The van der Waals surface area contributed by atoms with Crippen molar-refractivity contribution < 1.29 is 9.18 Å². The summed E-state index contributed by atoms with van der Waals surface area (Å²) in [4.78, 5) is 23.9. The normalized spacial score (nSPS) is 18.8. The lowest BCUT2D eigenvalue weighted by atomic mass is 10.2. The van der Waals surface area contributed by atoms with Crippen molar-refractivity contribution in [1.29, 1.82) is 0 Å². The van der Waals surface area contributed by atoms with Crippen molar-refractivity contribution in [3.05, 3.63) is 99.1 Å². The molecule has 8 heteroatoms. The number of hydrogen-bond acceptors (Lipinski definition) is 5. The summed E-state index contributed by atoms with van der Waals surface area (Å²) in [5, 5.41) is 2.13. The molecule has 0 aliphatic carbocycles. The zero-order chi connectivity index (χ0) is 23.7. The molecule has 3 aromatic rings. The highest BCUT2D eigenvalue weighted by atomic mass is 35.5. The maximum absolute atomic E-state index is 13.7. The largest absolute Gasteiger partial charge is 0.334 e. The number of anilines is 2. The second-order valence-corrected chi connectivity index (χ2v) is 10.2. The van der Waals surface area contributed by atoms with Gasteiger partial charge in [-0.2, -0.15) is 0 Å². The van der Waals surface area contributed by atoms with Gasteiger partial charge in [0.25, 0.3) is 5.91 Å². The molecule has 0 bridgehead atoms. The van der Waals surface area contributed by atoms with Gasteiger partial charge in [0.05, 0.1) is 11.4 Å². The number of rotatable bonds is 5. The zero-order valence-corrected chi connectivity index (χ0v) is 20.8. The lowest BCUT2D eigenvalue weighted by Crippen LogP contribution is -2.30. The van der Waals surface area contributed by atoms with Crippen LogP contribution in [-0.2, 0) is 11.2 Å². The van der Waals surface area contributed by atoms with Crippen LogP contribution in [-0.4, -0.2) is 24.2 Å². The molecule has 1 amide bonds. The van der Waals surface area contributed by atoms with Gasteiger partial charge in [-0.25, -0.2) is 4.39 Å². The van der Waals surface area contributed by atoms with Gasteiger partial charge in [0.1, 0.15) is 15.8 Å². The average Bonchev–Trinajstić information content (AvgIpc) is 3.37. The molecule has 2 aliphatic rings. The fourth-order valence-corrected chi connectivity index (χ4v) is 6.44. The number of amides is 1. The molecule has 34 heavy (non-hydrogen) atoms. The molecule has 172 valence electrons. The van der Waals surface area contributed by atoms with Gasteiger partial charge in [-0.1, -0.05) is 53.7 Å². The summed E-state index contributed by atoms with van der Waals surface area (Å²) in [7, 11) is 0. The van der Waals surface area contributed by atoms with E-state index in [-0.39, 0.29) is 11.7 Å². The molecular formula is C26H21ClFN3OS2. The molecule has 2 heterocycles. The summed E-state index contributed by atoms with van der Waals surface area (Å²) in [6.07, 6.45) is 0.766. The van der Waals surface area contributed by atoms with Gasteiger partial charge in [-0.05, 0) is 73.1 Å². The minimum Gasteiger partial charge on any atom is -0.334 e. The molecule has 0 aromatic heterocycles. The number of carbonyl (C=O) groups is 1. The molecule has 0 atom stereocenters. The van der Waals surface area contributed by atoms with Crippen LogP contribution in [0.15, 0.2) is 92.6 Å². The Balaban J connectivity index is 1.51. The van der Waals surface area contributed by atoms with E-state index in [4.69, 9.17) is 16.6 Å². The van der Waals surface area contributed by atoms with Crippen LogP contribution in [0.2, 0.25) is 5.02 Å². The molecule has 0 N–H and O–H groups in total. The van der Waals surface area contributed by atoms with Crippen molar-refractivity contribution in [2.45, 2.75) is 18.2 Å². The van der Waals surface area contributed by atoms with E-state index in [1.54, 1.807) is 28.8 Å². The first-order valence-electron chi connectivity index (χ1n) is 10.9. The van der Waals surface area contributed by atoms with Crippen molar-refractivity contribution >= 4 is 57.6 Å². The van der Waals surface area contributed by atoms with E-state index in [1.807, 2.05) is 43.3 Å². The van der Waals surface area contributed by atoms with E-state index in [0.717, 1.165) is 22.0 Å². The second kappa shape index (κ2) is 9.86. The summed E-state index contributed by atoms with van der Waals surface area (Å²) in [5.41, 5.74) is 2.78. The Morgan fingerprint density at radius 2 is 1.76 bits per heavy atom. The summed E-state index contributed by atoms with van der Waals surface area (Å²) in [5.74, 6) is -0.505. The number of amidine groups is 1. The van der Waals surface area contributed by atoms with Crippen molar-refractivity contribution in [1.82, 2.24) is 0 Å². The number of fused-ring (bicyclic) bond motifs is 1. The Morgan fingerprint density at radius 1 is 1.00 bits per heavy atom. The summed E-state index contributed by atoms with van der Waals surface area (Å²) in [6, 6.07) is 21.8. The molecule has 5 rings (SSSR count). The van der Waals surface area contributed by atoms with E-state index in [9.17, 15) is 9.18 Å². The van der Waals surface area contributed by atoms with Gasteiger partial charge in [-0.3, -0.25) is 14.7 Å². The van der Waals surface area contributed by atoms with Crippen LogP contribution in [0.4, 0.5) is 15.8 Å². The number of halogens is 2. The maximum Gasteiger partial charge on any atom is 0.274 e. The zero-order valence-electron chi connectivity index (χ0n) is 18.4. The summed E-state index contributed by atoms with van der Waals surface area (Å²) >= 11 is 9.18. The molecule has 0 spiro atoms. The molecular weight excluding hydrogens is 489 g/mol. The monoisotopic (exact) mass is 509 g/mol. The van der Waals surface area contributed by atoms with E-state index in [2.05, 4.69) is 17.0 Å². The Morgan fingerprint density at radius 3 is 2.50 bits per heavy atom. The summed E-state index contributed by atoms with van der Waals surface area (Å²) in [6.45, 7) is 3.29. The van der Waals surface area contributed by atoms with Crippen LogP contribution in [0, 0.1) is 5.82 Å². The van der Waals surface area contributed by atoms with E-state index >= 15 is 0 Å². The third kappa shape index (κ3) is 4.48. The molecule has 4 nitrogen and oxygen atoms in total. The van der Waals surface area contributed by atoms with Crippen molar-refractivity contribution in [3.8, 4) is 0 Å². The summed E-state index contributed by atoms with van der Waals surface area (Å²) < 4.78 is 13.6. The Hall–Kier alpha value is -2.74. The first kappa shape index (κ1) is 23.0. The number of carbonyl (C=O) groups excluding carboxylic acids is 1. The molecule has 0 radical (unpaired) electrons. The first-order valence-corrected chi connectivity index (χ1v) is 12.9. The van der Waals surface area contributed by atoms with Crippen molar-refractivity contribution in [3.63, 3.8) is 0 Å². The highest BCUT2D eigenvalue weighted by Crippen LogP contribution is 2.51. The number of benzene rings is 3. The quantitative estimate of drug-likeness (QED) is 0.348. The van der Waals surface area contributed by atoms with Crippen LogP contribution < -0.4 is 9.80 Å². The molecule has 1 fully saturated rings. The average molecular weight is 510 g/mol. The van der Waals surface area contributed by atoms with E-state index in [1.165, 1.54) is 29.5 Å². The predicted octanol–water partition coefficient (Wildman–Crippen LogP) is 6.96. The van der Waals surface area contributed by atoms with Gasteiger partial charge in [0.2, 0.25) is 0 Å². The number of hydrogen-bond donors (Lipinski definition) is 0. The third-order valence-corrected chi connectivity index (χ3v) is 8.14. The lowest BCUT2D eigenvalue weighted by Gasteiger charge is -2.19. The minimum absolute atomic E-state index is 0.157. The Labute approximate surface area is 211 Å². The smallest absolute Gasteiger partial charge is 0.274 e. The van der Waals surface area contributed by atoms with Crippen LogP contribution in [0.1, 0.15) is 12.5 Å². The van der Waals surface area contributed by atoms with Gasteiger partial charge < -0.3 is 4.90 Å². The number of aliphatic imine (C=N–C) groups is 1. The third-order valence-electron chi connectivity index (χ3n) is 5.53.